The highest BCUT2D eigenvalue weighted by Gasteiger charge is 2.30. The largest absolute Gasteiger partial charge is 0.367 e. The van der Waals surface area contributed by atoms with Crippen LogP contribution in [0.25, 0.3) is 0 Å². The molecule has 2 heterocycles. The van der Waals surface area contributed by atoms with Gasteiger partial charge in [0.2, 0.25) is 0 Å². The fourth-order valence-electron chi connectivity index (χ4n) is 2.96. The Kier molecular flexibility index (Phi) is 4.59. The molecule has 1 saturated heterocycles. The number of aromatic nitrogens is 2. The predicted octanol–water partition coefficient (Wildman–Crippen LogP) is 1.79. The van der Waals surface area contributed by atoms with Crippen LogP contribution in [0.4, 0.5) is 10.1 Å². The number of nitrogens with zero attached hydrogens (tertiary/aromatic N) is 3. The van der Waals surface area contributed by atoms with E-state index in [4.69, 9.17) is 0 Å². The number of hydrogen-bond acceptors (Lipinski definition) is 4. The minimum absolute atomic E-state index is 0.219. The summed E-state index contributed by atoms with van der Waals surface area (Å²) in [6.07, 6.45) is 4.26. The Bertz CT molecular complexity index is 540. The minimum atomic E-state index is -0.682. The highest BCUT2D eigenvalue weighted by molar-refractivity contribution is 9.10. The molecule has 5 nitrogen and oxygen atoms in total. The second-order valence-electron chi connectivity index (χ2n) is 5.89. The SMILES string of the molecule is O=c1[nH]ncc(N2CCN(CC(F)C3CCC3)CC2)c1Br. The molecule has 1 atom stereocenters. The first-order valence-corrected chi connectivity index (χ1v) is 8.29. The molecule has 3 rings (SSSR count). The van der Waals surface area contributed by atoms with Gasteiger partial charge in [-0.3, -0.25) is 9.69 Å². The quantitative estimate of drug-likeness (QED) is 0.891. The van der Waals surface area contributed by atoms with Crippen molar-refractivity contribution in [1.82, 2.24) is 15.1 Å². The van der Waals surface area contributed by atoms with Gasteiger partial charge in [-0.1, -0.05) is 6.42 Å². The van der Waals surface area contributed by atoms with Gasteiger partial charge in [-0.05, 0) is 34.7 Å². The third-order valence-corrected chi connectivity index (χ3v) is 5.35. The summed E-state index contributed by atoms with van der Waals surface area (Å²) in [6, 6.07) is 0. The molecule has 0 aromatic carbocycles. The van der Waals surface area contributed by atoms with Crippen LogP contribution in [0.1, 0.15) is 19.3 Å². The summed E-state index contributed by atoms with van der Waals surface area (Å²) in [4.78, 5) is 15.9. The van der Waals surface area contributed by atoms with E-state index in [2.05, 4.69) is 35.9 Å². The zero-order valence-corrected chi connectivity index (χ0v) is 13.5. The fraction of sp³-hybridized carbons (Fsp3) is 0.714. The molecule has 2 fully saturated rings. The maximum Gasteiger partial charge on any atom is 0.280 e. The average Bonchev–Trinajstić information content (AvgIpc) is 2.41. The lowest BCUT2D eigenvalue weighted by atomic mass is 9.81. The third kappa shape index (κ3) is 3.29. The highest BCUT2D eigenvalue weighted by Crippen LogP contribution is 2.32. The predicted molar refractivity (Wildman–Crippen MR) is 83.4 cm³/mol. The van der Waals surface area contributed by atoms with Gasteiger partial charge in [-0.25, -0.2) is 9.49 Å². The van der Waals surface area contributed by atoms with Gasteiger partial charge < -0.3 is 4.90 Å². The van der Waals surface area contributed by atoms with Crippen molar-refractivity contribution in [2.75, 3.05) is 37.6 Å². The van der Waals surface area contributed by atoms with Gasteiger partial charge in [0.1, 0.15) is 10.6 Å². The second kappa shape index (κ2) is 6.44. The third-order valence-electron chi connectivity index (χ3n) is 4.58. The van der Waals surface area contributed by atoms with E-state index in [1.165, 1.54) is 6.42 Å². The topological polar surface area (TPSA) is 52.2 Å². The Balaban J connectivity index is 1.55. The molecule has 1 unspecified atom stereocenters. The molecule has 0 amide bonds. The van der Waals surface area contributed by atoms with E-state index in [0.717, 1.165) is 44.7 Å². The summed E-state index contributed by atoms with van der Waals surface area (Å²) in [5.41, 5.74) is 0.595. The van der Waals surface area contributed by atoms with Gasteiger partial charge in [-0.15, -0.1) is 0 Å². The highest BCUT2D eigenvalue weighted by atomic mass is 79.9. The molecule has 1 saturated carbocycles. The van der Waals surface area contributed by atoms with Gasteiger partial charge in [0.25, 0.3) is 5.56 Å². The summed E-state index contributed by atoms with van der Waals surface area (Å²) >= 11 is 3.31. The monoisotopic (exact) mass is 358 g/mol. The molecule has 0 spiro atoms. The second-order valence-corrected chi connectivity index (χ2v) is 6.69. The van der Waals surface area contributed by atoms with Gasteiger partial charge in [-0.2, -0.15) is 5.10 Å². The van der Waals surface area contributed by atoms with Crippen molar-refractivity contribution in [1.29, 1.82) is 0 Å². The number of rotatable bonds is 4. The maximum atomic E-state index is 14.1. The summed E-state index contributed by atoms with van der Waals surface area (Å²) < 4.78 is 14.6. The lowest BCUT2D eigenvalue weighted by Gasteiger charge is -2.38. The molecule has 7 heteroatoms. The lowest BCUT2D eigenvalue weighted by molar-refractivity contribution is 0.0966. The Hall–Kier alpha value is -0.950. The molecule has 0 bridgehead atoms. The van der Waals surface area contributed by atoms with E-state index in [9.17, 15) is 9.18 Å². The fourth-order valence-corrected chi connectivity index (χ4v) is 3.40. The molecular formula is C14H20BrFN4O. The summed E-state index contributed by atoms with van der Waals surface area (Å²) in [6.45, 7) is 3.79. The van der Waals surface area contributed by atoms with Crippen LogP contribution >= 0.6 is 15.9 Å². The average molecular weight is 359 g/mol. The van der Waals surface area contributed by atoms with Crippen LogP contribution in [0.2, 0.25) is 0 Å². The van der Waals surface area contributed by atoms with Crippen molar-refractivity contribution in [3.8, 4) is 0 Å². The van der Waals surface area contributed by atoms with Crippen LogP contribution in [0, 0.1) is 5.92 Å². The van der Waals surface area contributed by atoms with E-state index in [1.54, 1.807) is 6.20 Å². The number of anilines is 1. The van der Waals surface area contributed by atoms with Crippen molar-refractivity contribution in [2.45, 2.75) is 25.4 Å². The summed E-state index contributed by atoms with van der Waals surface area (Å²) in [7, 11) is 0. The Morgan fingerprint density at radius 3 is 2.71 bits per heavy atom. The van der Waals surface area contributed by atoms with E-state index in [1.807, 2.05) is 0 Å². The van der Waals surface area contributed by atoms with Gasteiger partial charge in [0, 0.05) is 32.7 Å². The number of H-pyrrole nitrogens is 1. The summed E-state index contributed by atoms with van der Waals surface area (Å²) in [5, 5.41) is 6.25. The first-order chi connectivity index (χ1) is 10.1. The van der Waals surface area contributed by atoms with Crippen LogP contribution in [0.5, 0.6) is 0 Å². The molecule has 116 valence electrons. The molecule has 1 N–H and O–H groups in total. The minimum Gasteiger partial charge on any atom is -0.367 e. The standard InChI is InChI=1S/C14H20BrFN4O/c15-13-12(8-17-18-14(13)21)20-6-4-19(5-7-20)9-11(16)10-2-1-3-10/h8,10-11H,1-7,9H2,(H,18,21). The van der Waals surface area contributed by atoms with Crippen LogP contribution in [0.15, 0.2) is 15.5 Å². The van der Waals surface area contributed by atoms with E-state index < -0.39 is 6.17 Å². The first kappa shape index (κ1) is 15.0. The molecule has 1 aliphatic carbocycles. The van der Waals surface area contributed by atoms with Crippen LogP contribution < -0.4 is 10.5 Å². The van der Waals surface area contributed by atoms with Gasteiger partial charge in [0.05, 0.1) is 11.9 Å². The molecule has 1 aromatic heterocycles. The van der Waals surface area contributed by atoms with Gasteiger partial charge in [0.15, 0.2) is 0 Å². The van der Waals surface area contributed by atoms with Gasteiger partial charge >= 0.3 is 0 Å². The van der Waals surface area contributed by atoms with Crippen molar-refractivity contribution in [2.24, 2.45) is 5.92 Å². The number of hydrogen-bond donors (Lipinski definition) is 1. The van der Waals surface area contributed by atoms with E-state index in [0.29, 0.717) is 11.0 Å². The summed E-state index contributed by atoms with van der Waals surface area (Å²) in [5.74, 6) is 0.286. The van der Waals surface area contributed by atoms with Crippen molar-refractivity contribution in [3.63, 3.8) is 0 Å². The zero-order valence-electron chi connectivity index (χ0n) is 11.9. The van der Waals surface area contributed by atoms with Crippen LogP contribution in [-0.2, 0) is 0 Å². The smallest absolute Gasteiger partial charge is 0.280 e. The number of piperazine rings is 1. The van der Waals surface area contributed by atoms with Crippen LogP contribution in [-0.4, -0.2) is 54.0 Å². The Labute approximate surface area is 131 Å². The van der Waals surface area contributed by atoms with Crippen molar-refractivity contribution in [3.05, 3.63) is 21.0 Å². The molecule has 1 aromatic rings. The Morgan fingerprint density at radius 2 is 2.10 bits per heavy atom. The van der Waals surface area contributed by atoms with Crippen molar-refractivity contribution < 1.29 is 4.39 Å². The number of aromatic amines is 1. The normalized spacial score (nSPS) is 22.1. The molecular weight excluding hydrogens is 339 g/mol. The Morgan fingerprint density at radius 1 is 1.38 bits per heavy atom. The van der Waals surface area contributed by atoms with Crippen LogP contribution in [0.3, 0.4) is 0 Å². The number of halogens is 2. The number of alkyl halides is 1. The van der Waals surface area contributed by atoms with Crippen molar-refractivity contribution >= 4 is 21.6 Å². The zero-order chi connectivity index (χ0) is 14.8. The molecule has 1 aliphatic heterocycles. The lowest BCUT2D eigenvalue weighted by Crippen LogP contribution is -2.49. The number of nitrogens with one attached hydrogen (secondary N) is 1. The molecule has 0 radical (unpaired) electrons. The molecule has 2 aliphatic rings. The molecule has 21 heavy (non-hydrogen) atoms. The van der Waals surface area contributed by atoms with E-state index >= 15 is 0 Å². The first-order valence-electron chi connectivity index (χ1n) is 7.49. The maximum absolute atomic E-state index is 14.1. The van der Waals surface area contributed by atoms with E-state index in [-0.39, 0.29) is 11.5 Å².